The number of hydrogen-bond acceptors (Lipinski definition) is 5. The smallest absolute Gasteiger partial charge is 0.321 e. The molecule has 0 atom stereocenters. The standard InChI is InChI=1S/C13H17FN2O4S/c1-2-20-12(17)8-16(9-6-7-9)21(18,19)11-5-3-4-10(14)13(11)15/h3-5,9H,2,6-8,15H2,1H3. The van der Waals surface area contributed by atoms with E-state index >= 15 is 0 Å². The molecule has 1 fully saturated rings. The van der Waals surface area contributed by atoms with Crippen LogP contribution in [0.5, 0.6) is 0 Å². The number of benzene rings is 1. The Balaban J connectivity index is 2.34. The monoisotopic (exact) mass is 316 g/mol. The van der Waals surface area contributed by atoms with Gasteiger partial charge in [-0.2, -0.15) is 4.31 Å². The fraction of sp³-hybridized carbons (Fsp3) is 0.462. The molecule has 0 amide bonds. The van der Waals surface area contributed by atoms with Crippen molar-refractivity contribution in [2.24, 2.45) is 0 Å². The summed E-state index contributed by atoms with van der Waals surface area (Å²) in [4.78, 5) is 11.3. The van der Waals surface area contributed by atoms with Gasteiger partial charge in [0.15, 0.2) is 0 Å². The highest BCUT2D eigenvalue weighted by Crippen LogP contribution is 2.34. The fourth-order valence-corrected chi connectivity index (χ4v) is 3.73. The van der Waals surface area contributed by atoms with Gasteiger partial charge in [-0.15, -0.1) is 0 Å². The first-order valence-corrected chi connectivity index (χ1v) is 8.03. The number of nitrogens with zero attached hydrogens (tertiary/aromatic N) is 1. The van der Waals surface area contributed by atoms with E-state index in [2.05, 4.69) is 0 Å². The number of nitrogen functional groups attached to an aromatic ring is 1. The first kappa shape index (κ1) is 15.7. The van der Waals surface area contributed by atoms with Crippen LogP contribution in [0, 0.1) is 5.82 Å². The predicted octanol–water partition coefficient (Wildman–Crippen LogP) is 1.12. The zero-order valence-corrected chi connectivity index (χ0v) is 12.4. The summed E-state index contributed by atoms with van der Waals surface area (Å²) >= 11 is 0. The second-order valence-electron chi connectivity index (χ2n) is 4.74. The van der Waals surface area contributed by atoms with Crippen molar-refractivity contribution < 1.29 is 22.3 Å². The van der Waals surface area contributed by atoms with Gasteiger partial charge in [-0.3, -0.25) is 4.79 Å². The van der Waals surface area contributed by atoms with Crippen molar-refractivity contribution in [1.82, 2.24) is 4.31 Å². The first-order valence-electron chi connectivity index (χ1n) is 6.59. The molecule has 2 N–H and O–H groups in total. The van der Waals surface area contributed by atoms with Crippen LogP contribution in [0.3, 0.4) is 0 Å². The van der Waals surface area contributed by atoms with E-state index in [1.165, 1.54) is 12.1 Å². The van der Waals surface area contributed by atoms with E-state index in [1.807, 2.05) is 0 Å². The summed E-state index contributed by atoms with van der Waals surface area (Å²) in [6.07, 6.45) is 1.32. The van der Waals surface area contributed by atoms with Crippen LogP contribution in [0.2, 0.25) is 0 Å². The number of esters is 1. The summed E-state index contributed by atoms with van der Waals surface area (Å²) in [5.41, 5.74) is 5.08. The highest BCUT2D eigenvalue weighted by atomic mass is 32.2. The normalized spacial score (nSPS) is 15.2. The average Bonchev–Trinajstić information content (AvgIpc) is 3.23. The van der Waals surface area contributed by atoms with Crippen LogP contribution < -0.4 is 5.73 Å². The van der Waals surface area contributed by atoms with Crippen LogP contribution in [0.4, 0.5) is 10.1 Å². The molecule has 0 bridgehead atoms. The van der Waals surface area contributed by atoms with Gasteiger partial charge in [0.1, 0.15) is 17.3 Å². The van der Waals surface area contributed by atoms with Crippen molar-refractivity contribution in [3.05, 3.63) is 24.0 Å². The lowest BCUT2D eigenvalue weighted by molar-refractivity contribution is -0.143. The minimum absolute atomic E-state index is 0.166. The Morgan fingerprint density at radius 1 is 1.48 bits per heavy atom. The molecule has 0 heterocycles. The van der Waals surface area contributed by atoms with Crippen molar-refractivity contribution in [2.45, 2.75) is 30.7 Å². The number of para-hydroxylation sites is 1. The molecule has 1 aliphatic carbocycles. The van der Waals surface area contributed by atoms with E-state index in [1.54, 1.807) is 6.92 Å². The molecule has 0 aromatic heterocycles. The van der Waals surface area contributed by atoms with Gasteiger partial charge in [0.05, 0.1) is 12.3 Å². The first-order chi connectivity index (χ1) is 9.87. The number of halogens is 1. The van der Waals surface area contributed by atoms with Crippen LogP contribution in [-0.2, 0) is 19.6 Å². The van der Waals surface area contributed by atoms with Gasteiger partial charge in [0, 0.05) is 6.04 Å². The number of carbonyl (C=O) groups is 1. The minimum Gasteiger partial charge on any atom is -0.465 e. The van der Waals surface area contributed by atoms with Gasteiger partial charge in [0.2, 0.25) is 10.0 Å². The maximum Gasteiger partial charge on any atom is 0.321 e. The minimum atomic E-state index is -4.04. The molecule has 0 aliphatic heterocycles. The predicted molar refractivity (Wildman–Crippen MR) is 74.4 cm³/mol. The summed E-state index contributed by atoms with van der Waals surface area (Å²) in [6.45, 7) is 1.41. The summed E-state index contributed by atoms with van der Waals surface area (Å²) in [5.74, 6) is -1.44. The third-order valence-electron chi connectivity index (χ3n) is 3.14. The molecule has 21 heavy (non-hydrogen) atoms. The maximum atomic E-state index is 13.5. The van der Waals surface area contributed by atoms with Gasteiger partial charge in [-0.25, -0.2) is 12.8 Å². The zero-order valence-electron chi connectivity index (χ0n) is 11.6. The van der Waals surface area contributed by atoms with E-state index in [-0.39, 0.29) is 17.5 Å². The second-order valence-corrected chi connectivity index (χ2v) is 6.60. The molecule has 6 nitrogen and oxygen atoms in total. The van der Waals surface area contributed by atoms with Crippen LogP contribution in [0.1, 0.15) is 19.8 Å². The van der Waals surface area contributed by atoms with E-state index in [0.29, 0.717) is 12.8 Å². The molecule has 1 aliphatic rings. The Kier molecular flexibility index (Phi) is 4.48. The Morgan fingerprint density at radius 2 is 2.14 bits per heavy atom. The number of rotatable bonds is 6. The van der Waals surface area contributed by atoms with Crippen LogP contribution in [-0.4, -0.2) is 37.9 Å². The number of anilines is 1. The third kappa shape index (κ3) is 3.33. The number of nitrogens with two attached hydrogens (primary N) is 1. The second kappa shape index (κ2) is 5.98. The Hall–Kier alpha value is -1.67. The van der Waals surface area contributed by atoms with E-state index in [9.17, 15) is 17.6 Å². The molecule has 0 saturated heterocycles. The number of hydrogen-bond donors (Lipinski definition) is 1. The van der Waals surface area contributed by atoms with Gasteiger partial charge in [-0.05, 0) is 31.9 Å². The van der Waals surface area contributed by atoms with E-state index < -0.39 is 34.0 Å². The fourth-order valence-electron chi connectivity index (χ4n) is 1.98. The lowest BCUT2D eigenvalue weighted by Crippen LogP contribution is -2.38. The molecule has 2 rings (SSSR count). The molecular formula is C13H17FN2O4S. The highest BCUT2D eigenvalue weighted by Gasteiger charge is 2.40. The van der Waals surface area contributed by atoms with Crippen LogP contribution >= 0.6 is 0 Å². The van der Waals surface area contributed by atoms with E-state index in [0.717, 1.165) is 10.4 Å². The van der Waals surface area contributed by atoms with Gasteiger partial charge < -0.3 is 10.5 Å². The molecule has 0 radical (unpaired) electrons. The van der Waals surface area contributed by atoms with Crippen molar-refractivity contribution >= 4 is 21.7 Å². The number of sulfonamides is 1. The summed E-state index contributed by atoms with van der Waals surface area (Å²) in [6, 6.07) is 3.32. The van der Waals surface area contributed by atoms with Crippen molar-refractivity contribution in [3.8, 4) is 0 Å². The lowest BCUT2D eigenvalue weighted by Gasteiger charge is -2.21. The van der Waals surface area contributed by atoms with E-state index in [4.69, 9.17) is 10.5 Å². The zero-order chi connectivity index (χ0) is 15.6. The molecule has 8 heteroatoms. The molecule has 0 spiro atoms. The molecule has 1 saturated carbocycles. The molecule has 1 aromatic rings. The molecule has 116 valence electrons. The SMILES string of the molecule is CCOC(=O)CN(C1CC1)S(=O)(=O)c1cccc(F)c1N. The van der Waals surface area contributed by atoms with Gasteiger partial charge >= 0.3 is 5.97 Å². The topological polar surface area (TPSA) is 89.7 Å². The molecule has 1 aromatic carbocycles. The third-order valence-corrected chi connectivity index (χ3v) is 5.10. The Morgan fingerprint density at radius 3 is 2.71 bits per heavy atom. The summed E-state index contributed by atoms with van der Waals surface area (Å²) in [7, 11) is -4.04. The van der Waals surface area contributed by atoms with Crippen LogP contribution in [0.25, 0.3) is 0 Å². The van der Waals surface area contributed by atoms with Gasteiger partial charge in [-0.1, -0.05) is 6.07 Å². The highest BCUT2D eigenvalue weighted by molar-refractivity contribution is 7.89. The molecular weight excluding hydrogens is 299 g/mol. The van der Waals surface area contributed by atoms with Crippen molar-refractivity contribution in [3.63, 3.8) is 0 Å². The largest absolute Gasteiger partial charge is 0.465 e. The maximum absolute atomic E-state index is 13.5. The summed E-state index contributed by atoms with van der Waals surface area (Å²) < 4.78 is 44.5. The van der Waals surface area contributed by atoms with Crippen LogP contribution in [0.15, 0.2) is 23.1 Å². The Bertz CT molecular complexity index is 644. The summed E-state index contributed by atoms with van der Waals surface area (Å²) in [5, 5.41) is 0. The van der Waals surface area contributed by atoms with Crippen molar-refractivity contribution in [2.75, 3.05) is 18.9 Å². The average molecular weight is 316 g/mol. The molecule has 0 unspecified atom stereocenters. The van der Waals surface area contributed by atoms with Gasteiger partial charge in [0.25, 0.3) is 0 Å². The number of ether oxygens (including phenoxy) is 1. The number of carbonyl (C=O) groups excluding carboxylic acids is 1. The lowest BCUT2D eigenvalue weighted by atomic mass is 10.3. The Labute approximate surface area is 122 Å². The van der Waals surface area contributed by atoms with Crippen molar-refractivity contribution in [1.29, 1.82) is 0 Å². The quantitative estimate of drug-likeness (QED) is 0.627.